The maximum atomic E-state index is 5.94. The Kier molecular flexibility index (Phi) is 4.00. The van der Waals surface area contributed by atoms with E-state index in [2.05, 4.69) is 0 Å². The van der Waals surface area contributed by atoms with Crippen molar-refractivity contribution < 1.29 is 4.74 Å². The summed E-state index contributed by atoms with van der Waals surface area (Å²) in [6.07, 6.45) is 0. The largest absolute Gasteiger partial charge is 0.383 e. The lowest BCUT2D eigenvalue weighted by molar-refractivity contribution is 0.181. The summed E-state index contributed by atoms with van der Waals surface area (Å²) in [5, 5.41) is 1.16. The fraction of sp³-hybridized carbons (Fsp3) is 0.333. The van der Waals surface area contributed by atoms with Crippen LogP contribution in [0.2, 0.25) is 10.0 Å². The number of rotatable bonds is 3. The molecule has 0 aliphatic carbocycles. The number of nitrogens with two attached hydrogens (primary N) is 1. The molecule has 4 heteroatoms. The van der Waals surface area contributed by atoms with Crippen LogP contribution in [0.5, 0.6) is 0 Å². The topological polar surface area (TPSA) is 35.2 Å². The molecule has 0 spiro atoms. The van der Waals surface area contributed by atoms with Gasteiger partial charge >= 0.3 is 0 Å². The fourth-order valence-electron chi connectivity index (χ4n) is 1.13. The van der Waals surface area contributed by atoms with Crippen molar-refractivity contribution in [2.45, 2.75) is 6.04 Å². The zero-order chi connectivity index (χ0) is 9.84. The second-order valence-corrected chi connectivity index (χ2v) is 3.51. The monoisotopic (exact) mass is 219 g/mol. The van der Waals surface area contributed by atoms with Gasteiger partial charge in [-0.3, -0.25) is 0 Å². The third-order valence-corrected chi connectivity index (χ3v) is 2.38. The average molecular weight is 220 g/mol. The van der Waals surface area contributed by atoms with Crippen LogP contribution in [-0.2, 0) is 4.74 Å². The van der Waals surface area contributed by atoms with Crippen LogP contribution in [0, 0.1) is 0 Å². The van der Waals surface area contributed by atoms with Gasteiger partial charge < -0.3 is 10.5 Å². The van der Waals surface area contributed by atoms with E-state index in [1.165, 1.54) is 0 Å². The molecular formula is C9H11Cl2NO. The lowest BCUT2D eigenvalue weighted by atomic mass is 10.1. The lowest BCUT2D eigenvalue weighted by Gasteiger charge is -2.13. The first-order valence-electron chi connectivity index (χ1n) is 3.85. The van der Waals surface area contributed by atoms with E-state index in [1.807, 2.05) is 0 Å². The van der Waals surface area contributed by atoms with Crippen molar-refractivity contribution in [2.24, 2.45) is 5.73 Å². The summed E-state index contributed by atoms with van der Waals surface area (Å²) in [4.78, 5) is 0. The number of hydrogen-bond acceptors (Lipinski definition) is 2. The van der Waals surface area contributed by atoms with Gasteiger partial charge in [-0.1, -0.05) is 29.3 Å². The van der Waals surface area contributed by atoms with E-state index in [0.29, 0.717) is 16.7 Å². The Labute approximate surface area is 87.6 Å². The third kappa shape index (κ3) is 2.58. The molecular weight excluding hydrogens is 209 g/mol. The highest BCUT2D eigenvalue weighted by atomic mass is 35.5. The quantitative estimate of drug-likeness (QED) is 0.849. The molecule has 0 bridgehead atoms. The first kappa shape index (κ1) is 10.8. The molecule has 0 heterocycles. The standard InChI is InChI=1S/C9H11Cl2NO/c1-13-5-8(12)9-6(10)3-2-4-7(9)11/h2-4,8H,5,12H2,1H3/t8-/m1/s1. The van der Waals surface area contributed by atoms with E-state index in [1.54, 1.807) is 25.3 Å². The Morgan fingerprint density at radius 1 is 1.38 bits per heavy atom. The molecule has 0 aromatic heterocycles. The first-order valence-corrected chi connectivity index (χ1v) is 4.61. The molecule has 72 valence electrons. The van der Waals surface area contributed by atoms with E-state index in [9.17, 15) is 0 Å². The molecule has 1 aromatic rings. The van der Waals surface area contributed by atoms with Gasteiger partial charge in [0, 0.05) is 22.7 Å². The molecule has 1 rings (SSSR count). The molecule has 0 unspecified atom stereocenters. The number of methoxy groups -OCH3 is 1. The minimum Gasteiger partial charge on any atom is -0.383 e. The third-order valence-electron chi connectivity index (χ3n) is 1.72. The van der Waals surface area contributed by atoms with Crippen LogP contribution < -0.4 is 5.73 Å². The zero-order valence-corrected chi connectivity index (χ0v) is 8.77. The van der Waals surface area contributed by atoms with Crippen LogP contribution in [0.15, 0.2) is 18.2 Å². The molecule has 0 fully saturated rings. The van der Waals surface area contributed by atoms with Gasteiger partial charge in [0.2, 0.25) is 0 Å². The van der Waals surface area contributed by atoms with Gasteiger partial charge in [-0.2, -0.15) is 0 Å². The summed E-state index contributed by atoms with van der Waals surface area (Å²) in [7, 11) is 1.59. The Morgan fingerprint density at radius 2 is 1.92 bits per heavy atom. The van der Waals surface area contributed by atoms with Gasteiger partial charge in [0.1, 0.15) is 0 Å². The molecule has 2 N–H and O–H groups in total. The Balaban J connectivity index is 2.98. The van der Waals surface area contributed by atoms with E-state index < -0.39 is 0 Å². The van der Waals surface area contributed by atoms with Crippen LogP contribution in [0.3, 0.4) is 0 Å². The van der Waals surface area contributed by atoms with Crippen LogP contribution >= 0.6 is 23.2 Å². The van der Waals surface area contributed by atoms with Crippen molar-refractivity contribution in [2.75, 3.05) is 13.7 Å². The zero-order valence-electron chi connectivity index (χ0n) is 7.26. The Bertz CT molecular complexity index is 271. The van der Waals surface area contributed by atoms with Gasteiger partial charge in [0.05, 0.1) is 12.6 Å². The summed E-state index contributed by atoms with van der Waals surface area (Å²) in [5.74, 6) is 0. The van der Waals surface area contributed by atoms with E-state index >= 15 is 0 Å². The second kappa shape index (κ2) is 4.82. The molecule has 0 radical (unpaired) electrons. The Morgan fingerprint density at radius 3 is 2.38 bits per heavy atom. The van der Waals surface area contributed by atoms with E-state index in [4.69, 9.17) is 33.7 Å². The van der Waals surface area contributed by atoms with Gasteiger partial charge in [-0.15, -0.1) is 0 Å². The normalized spacial score (nSPS) is 12.9. The molecule has 13 heavy (non-hydrogen) atoms. The molecule has 1 aromatic carbocycles. The summed E-state index contributed by atoms with van der Waals surface area (Å²) in [6.45, 7) is 0.406. The number of benzene rings is 1. The summed E-state index contributed by atoms with van der Waals surface area (Å²) in [5.41, 5.74) is 6.56. The van der Waals surface area contributed by atoms with Crippen LogP contribution in [0.25, 0.3) is 0 Å². The maximum Gasteiger partial charge on any atom is 0.0656 e. The van der Waals surface area contributed by atoms with Crippen LogP contribution in [0.4, 0.5) is 0 Å². The molecule has 0 saturated heterocycles. The molecule has 1 atom stereocenters. The van der Waals surface area contributed by atoms with Crippen molar-refractivity contribution in [3.05, 3.63) is 33.8 Å². The van der Waals surface area contributed by atoms with Gasteiger partial charge in [0.25, 0.3) is 0 Å². The van der Waals surface area contributed by atoms with Crippen LogP contribution in [-0.4, -0.2) is 13.7 Å². The highest BCUT2D eigenvalue weighted by Crippen LogP contribution is 2.28. The SMILES string of the molecule is COC[C@@H](N)c1c(Cl)cccc1Cl. The Hall–Kier alpha value is -0.280. The van der Waals surface area contributed by atoms with Gasteiger partial charge in [-0.25, -0.2) is 0 Å². The molecule has 0 aliphatic rings. The van der Waals surface area contributed by atoms with Crippen LogP contribution in [0.1, 0.15) is 11.6 Å². The summed E-state index contributed by atoms with van der Waals surface area (Å²) < 4.78 is 4.93. The predicted octanol–water partition coefficient (Wildman–Crippen LogP) is 2.64. The van der Waals surface area contributed by atoms with Crippen molar-refractivity contribution in [1.82, 2.24) is 0 Å². The molecule has 0 saturated carbocycles. The minimum atomic E-state index is -0.272. The minimum absolute atomic E-state index is 0.272. The predicted molar refractivity (Wildman–Crippen MR) is 55.3 cm³/mol. The van der Waals surface area contributed by atoms with Crippen molar-refractivity contribution in [3.63, 3.8) is 0 Å². The smallest absolute Gasteiger partial charge is 0.0656 e. The van der Waals surface area contributed by atoms with Crippen molar-refractivity contribution in [3.8, 4) is 0 Å². The highest BCUT2D eigenvalue weighted by Gasteiger charge is 2.13. The highest BCUT2D eigenvalue weighted by molar-refractivity contribution is 6.36. The van der Waals surface area contributed by atoms with Crippen molar-refractivity contribution >= 4 is 23.2 Å². The first-order chi connectivity index (χ1) is 6.16. The number of halogens is 2. The second-order valence-electron chi connectivity index (χ2n) is 2.70. The van der Waals surface area contributed by atoms with Gasteiger partial charge in [-0.05, 0) is 12.1 Å². The van der Waals surface area contributed by atoms with E-state index in [0.717, 1.165) is 5.56 Å². The van der Waals surface area contributed by atoms with E-state index in [-0.39, 0.29) is 6.04 Å². The molecule has 2 nitrogen and oxygen atoms in total. The average Bonchev–Trinajstić information content (AvgIpc) is 2.04. The maximum absolute atomic E-state index is 5.94. The fourth-order valence-corrected chi connectivity index (χ4v) is 1.81. The summed E-state index contributed by atoms with van der Waals surface area (Å²) in [6, 6.07) is 5.04. The van der Waals surface area contributed by atoms with Crippen molar-refractivity contribution in [1.29, 1.82) is 0 Å². The van der Waals surface area contributed by atoms with Gasteiger partial charge in [0.15, 0.2) is 0 Å². The molecule has 0 aliphatic heterocycles. The molecule has 0 amide bonds. The summed E-state index contributed by atoms with van der Waals surface area (Å²) >= 11 is 11.9. The number of hydrogen-bond donors (Lipinski definition) is 1. The lowest BCUT2D eigenvalue weighted by Crippen LogP contribution is -2.16. The number of ether oxygens (including phenoxy) is 1.